The lowest BCUT2D eigenvalue weighted by Gasteiger charge is -2.08. The van der Waals surface area contributed by atoms with Crippen LogP contribution in [0, 0.1) is 3.57 Å². The molecule has 0 aliphatic carbocycles. The molecule has 1 unspecified atom stereocenters. The minimum absolute atomic E-state index is 0.109. The van der Waals surface area contributed by atoms with Crippen LogP contribution in [-0.2, 0) is 0 Å². The van der Waals surface area contributed by atoms with Gasteiger partial charge in [0.1, 0.15) is 5.75 Å². The lowest BCUT2D eigenvalue weighted by atomic mass is 10.1. The number of carbonyl (C=O) groups is 1. The zero-order chi connectivity index (χ0) is 10.7. The highest BCUT2D eigenvalue weighted by Gasteiger charge is 2.17. The maximum Gasteiger partial charge on any atom is 0.184 e. The maximum atomic E-state index is 11.7. The molecule has 2 nitrogen and oxygen atoms in total. The van der Waals surface area contributed by atoms with E-state index in [0.717, 1.165) is 3.57 Å². The van der Waals surface area contributed by atoms with Gasteiger partial charge in [-0.25, -0.2) is 0 Å². The molecule has 1 atom stereocenters. The largest absolute Gasteiger partial charge is 0.496 e. The molecular formula is C10H10ClIO2. The number of carbonyl (C=O) groups excluding carboxylic acids is 1. The molecule has 0 N–H and O–H groups in total. The highest BCUT2D eigenvalue weighted by Crippen LogP contribution is 2.23. The zero-order valence-corrected chi connectivity index (χ0v) is 10.8. The van der Waals surface area contributed by atoms with E-state index < -0.39 is 5.38 Å². The highest BCUT2D eigenvalue weighted by atomic mass is 127. The summed E-state index contributed by atoms with van der Waals surface area (Å²) in [4.78, 5) is 11.7. The standard InChI is InChI=1S/C10H10ClIO2/c1-6(11)10(13)8-5-7(12)3-4-9(8)14-2/h3-6H,1-2H3. The zero-order valence-electron chi connectivity index (χ0n) is 7.88. The summed E-state index contributed by atoms with van der Waals surface area (Å²) in [7, 11) is 1.54. The number of rotatable bonds is 3. The van der Waals surface area contributed by atoms with Crippen molar-refractivity contribution in [2.24, 2.45) is 0 Å². The minimum atomic E-state index is -0.526. The van der Waals surface area contributed by atoms with Crippen LogP contribution in [0.3, 0.4) is 0 Å². The number of methoxy groups -OCH3 is 1. The Morgan fingerprint density at radius 1 is 1.57 bits per heavy atom. The molecule has 1 aromatic rings. The lowest BCUT2D eigenvalue weighted by Crippen LogP contribution is -2.12. The van der Waals surface area contributed by atoms with Crippen LogP contribution in [0.1, 0.15) is 17.3 Å². The van der Waals surface area contributed by atoms with Crippen LogP contribution in [0.5, 0.6) is 5.75 Å². The van der Waals surface area contributed by atoms with Gasteiger partial charge in [-0.15, -0.1) is 11.6 Å². The number of hydrogen-bond acceptors (Lipinski definition) is 2. The Kier molecular flexibility index (Phi) is 4.19. The van der Waals surface area contributed by atoms with Gasteiger partial charge in [0, 0.05) is 3.57 Å². The smallest absolute Gasteiger partial charge is 0.184 e. The maximum absolute atomic E-state index is 11.7. The molecule has 76 valence electrons. The topological polar surface area (TPSA) is 26.3 Å². The van der Waals surface area contributed by atoms with Crippen molar-refractivity contribution in [3.63, 3.8) is 0 Å². The molecule has 0 aromatic heterocycles. The van der Waals surface area contributed by atoms with Crippen molar-refractivity contribution < 1.29 is 9.53 Å². The summed E-state index contributed by atoms with van der Waals surface area (Å²) < 4.78 is 6.08. The van der Waals surface area contributed by atoms with Crippen molar-refractivity contribution in [2.45, 2.75) is 12.3 Å². The molecule has 0 spiro atoms. The Morgan fingerprint density at radius 3 is 2.71 bits per heavy atom. The third kappa shape index (κ3) is 2.60. The van der Waals surface area contributed by atoms with E-state index >= 15 is 0 Å². The summed E-state index contributed by atoms with van der Waals surface area (Å²) in [6, 6.07) is 5.43. The SMILES string of the molecule is COc1ccc(I)cc1C(=O)C(C)Cl. The Hall–Kier alpha value is -0.290. The van der Waals surface area contributed by atoms with Gasteiger partial charge in [-0.2, -0.15) is 0 Å². The van der Waals surface area contributed by atoms with E-state index in [1.54, 1.807) is 19.1 Å². The molecule has 0 aliphatic heterocycles. The van der Waals surface area contributed by atoms with Crippen molar-refractivity contribution in [1.29, 1.82) is 0 Å². The predicted octanol–water partition coefficient (Wildman–Crippen LogP) is 3.11. The average Bonchev–Trinajstić information content (AvgIpc) is 2.16. The van der Waals surface area contributed by atoms with Crippen LogP contribution < -0.4 is 4.74 Å². The van der Waals surface area contributed by atoms with Crippen molar-refractivity contribution in [2.75, 3.05) is 7.11 Å². The van der Waals surface area contributed by atoms with Crippen molar-refractivity contribution in [1.82, 2.24) is 0 Å². The van der Waals surface area contributed by atoms with Gasteiger partial charge in [0.25, 0.3) is 0 Å². The van der Waals surface area contributed by atoms with Gasteiger partial charge in [-0.3, -0.25) is 4.79 Å². The van der Waals surface area contributed by atoms with E-state index in [1.165, 1.54) is 7.11 Å². The van der Waals surface area contributed by atoms with Gasteiger partial charge < -0.3 is 4.74 Å². The summed E-state index contributed by atoms with van der Waals surface area (Å²) >= 11 is 7.88. The number of halogens is 2. The lowest BCUT2D eigenvalue weighted by molar-refractivity contribution is 0.0989. The quantitative estimate of drug-likeness (QED) is 0.485. The first kappa shape index (κ1) is 11.8. The predicted molar refractivity (Wildman–Crippen MR) is 65.4 cm³/mol. The second kappa shape index (κ2) is 4.98. The van der Waals surface area contributed by atoms with E-state index in [4.69, 9.17) is 16.3 Å². The first-order chi connectivity index (χ1) is 6.56. The molecular weight excluding hydrogens is 314 g/mol. The summed E-state index contributed by atoms with van der Waals surface area (Å²) in [5, 5.41) is -0.526. The molecule has 0 aliphatic rings. The Balaban J connectivity index is 3.17. The molecule has 0 saturated carbocycles. The molecule has 0 amide bonds. The third-order valence-corrected chi connectivity index (χ3v) is 2.66. The minimum Gasteiger partial charge on any atom is -0.496 e. The van der Waals surface area contributed by atoms with Gasteiger partial charge in [-0.05, 0) is 47.7 Å². The molecule has 0 saturated heterocycles. The van der Waals surface area contributed by atoms with Gasteiger partial charge in [0.2, 0.25) is 0 Å². The first-order valence-corrected chi connectivity index (χ1v) is 5.59. The monoisotopic (exact) mass is 324 g/mol. The molecule has 0 fully saturated rings. The number of ether oxygens (including phenoxy) is 1. The van der Waals surface area contributed by atoms with Gasteiger partial charge in [0.15, 0.2) is 5.78 Å². The first-order valence-electron chi connectivity index (χ1n) is 4.08. The Labute approximate surface area is 102 Å². The van der Waals surface area contributed by atoms with Gasteiger partial charge in [0.05, 0.1) is 18.1 Å². The Morgan fingerprint density at radius 2 is 2.21 bits per heavy atom. The number of alkyl halides is 1. The highest BCUT2D eigenvalue weighted by molar-refractivity contribution is 14.1. The van der Waals surface area contributed by atoms with Crippen LogP contribution in [0.25, 0.3) is 0 Å². The molecule has 0 heterocycles. The van der Waals surface area contributed by atoms with Crippen LogP contribution in [0.4, 0.5) is 0 Å². The number of benzene rings is 1. The van der Waals surface area contributed by atoms with E-state index in [2.05, 4.69) is 22.6 Å². The fraction of sp³-hybridized carbons (Fsp3) is 0.300. The van der Waals surface area contributed by atoms with Crippen LogP contribution in [0.2, 0.25) is 0 Å². The van der Waals surface area contributed by atoms with Crippen LogP contribution >= 0.6 is 34.2 Å². The third-order valence-electron chi connectivity index (χ3n) is 1.79. The van der Waals surface area contributed by atoms with Gasteiger partial charge >= 0.3 is 0 Å². The second-order valence-electron chi connectivity index (χ2n) is 2.82. The summed E-state index contributed by atoms with van der Waals surface area (Å²) in [5.74, 6) is 0.463. The fourth-order valence-electron chi connectivity index (χ4n) is 1.09. The average molecular weight is 325 g/mol. The van der Waals surface area contributed by atoms with Gasteiger partial charge in [-0.1, -0.05) is 0 Å². The number of ketones is 1. The van der Waals surface area contributed by atoms with E-state index in [9.17, 15) is 4.79 Å². The van der Waals surface area contributed by atoms with Crippen LogP contribution in [0.15, 0.2) is 18.2 Å². The summed E-state index contributed by atoms with van der Waals surface area (Å²) in [5.41, 5.74) is 0.543. The summed E-state index contributed by atoms with van der Waals surface area (Å²) in [6.45, 7) is 1.66. The van der Waals surface area contributed by atoms with E-state index in [1.807, 2.05) is 6.07 Å². The molecule has 0 radical (unpaired) electrons. The molecule has 4 heteroatoms. The van der Waals surface area contributed by atoms with E-state index in [0.29, 0.717) is 11.3 Å². The fourth-order valence-corrected chi connectivity index (χ4v) is 1.70. The van der Waals surface area contributed by atoms with Crippen LogP contribution in [-0.4, -0.2) is 18.3 Å². The molecule has 1 rings (SSSR count). The van der Waals surface area contributed by atoms with Crippen molar-refractivity contribution in [3.05, 3.63) is 27.3 Å². The summed E-state index contributed by atoms with van der Waals surface area (Å²) in [6.07, 6.45) is 0. The van der Waals surface area contributed by atoms with Crippen molar-refractivity contribution in [3.8, 4) is 5.75 Å². The molecule has 14 heavy (non-hydrogen) atoms. The van der Waals surface area contributed by atoms with Crippen molar-refractivity contribution >= 4 is 40.0 Å². The molecule has 1 aromatic carbocycles. The number of Topliss-reactive ketones (excluding diaryl/α,β-unsaturated/α-hetero) is 1. The number of hydrogen-bond donors (Lipinski definition) is 0. The Bertz CT molecular complexity index is 350. The van der Waals surface area contributed by atoms with E-state index in [-0.39, 0.29) is 5.78 Å². The molecule has 0 bridgehead atoms. The normalized spacial score (nSPS) is 12.3. The second-order valence-corrected chi connectivity index (χ2v) is 4.73.